The predicted molar refractivity (Wildman–Crippen MR) is 89.7 cm³/mol. The molecular formula is C18H22N4O. The van der Waals surface area contributed by atoms with Gasteiger partial charge in [0, 0.05) is 60.7 Å². The molecule has 120 valence electrons. The zero-order valence-electron chi connectivity index (χ0n) is 13.3. The third-order valence-electron chi connectivity index (χ3n) is 5.16. The molecule has 2 aromatic rings. The molecule has 0 radical (unpaired) electrons. The van der Waals surface area contributed by atoms with Gasteiger partial charge in [-0.3, -0.25) is 4.79 Å². The fourth-order valence-electron chi connectivity index (χ4n) is 3.82. The standard InChI is InChI=1S/C18H22N4O/c23-17-6-8-19-15-7-9-22(11-14(15)17)18-10-16(20-12-21-18)13-4-2-1-3-5-13/h6,8,10,12-13H,1-5,7,9,11H2,(H,19,23). The van der Waals surface area contributed by atoms with Gasteiger partial charge in [0.2, 0.25) is 0 Å². The van der Waals surface area contributed by atoms with Crippen molar-refractivity contribution in [1.82, 2.24) is 15.0 Å². The second-order valence-electron chi connectivity index (χ2n) is 6.61. The van der Waals surface area contributed by atoms with Crippen LogP contribution in [0.1, 0.15) is 55.0 Å². The molecule has 5 nitrogen and oxygen atoms in total. The Morgan fingerprint density at radius 1 is 1.17 bits per heavy atom. The highest BCUT2D eigenvalue weighted by atomic mass is 16.1. The van der Waals surface area contributed by atoms with Gasteiger partial charge >= 0.3 is 0 Å². The highest BCUT2D eigenvalue weighted by Gasteiger charge is 2.22. The number of rotatable bonds is 2. The number of hydrogen-bond donors (Lipinski definition) is 1. The topological polar surface area (TPSA) is 61.9 Å². The van der Waals surface area contributed by atoms with E-state index in [4.69, 9.17) is 0 Å². The van der Waals surface area contributed by atoms with Crippen molar-refractivity contribution in [3.8, 4) is 0 Å². The number of hydrogen-bond acceptors (Lipinski definition) is 4. The van der Waals surface area contributed by atoms with Gasteiger partial charge in [0.05, 0.1) is 0 Å². The smallest absolute Gasteiger partial charge is 0.186 e. The van der Waals surface area contributed by atoms with Crippen LogP contribution in [-0.2, 0) is 13.0 Å². The van der Waals surface area contributed by atoms with Crippen molar-refractivity contribution < 1.29 is 0 Å². The largest absolute Gasteiger partial charge is 0.364 e. The minimum absolute atomic E-state index is 0.116. The third kappa shape index (κ3) is 2.87. The molecule has 4 rings (SSSR count). The lowest BCUT2D eigenvalue weighted by Gasteiger charge is -2.29. The van der Waals surface area contributed by atoms with Gasteiger partial charge in [-0.2, -0.15) is 0 Å². The predicted octanol–water partition coefficient (Wildman–Crippen LogP) is 2.78. The van der Waals surface area contributed by atoms with Gasteiger partial charge in [0.25, 0.3) is 0 Å². The van der Waals surface area contributed by atoms with E-state index >= 15 is 0 Å². The Hall–Kier alpha value is -2.17. The van der Waals surface area contributed by atoms with Crippen molar-refractivity contribution in [3.05, 3.63) is 51.8 Å². The molecule has 1 saturated carbocycles. The Morgan fingerprint density at radius 2 is 2.04 bits per heavy atom. The van der Waals surface area contributed by atoms with E-state index in [0.29, 0.717) is 12.5 Å². The number of H-pyrrole nitrogens is 1. The van der Waals surface area contributed by atoms with E-state index < -0.39 is 0 Å². The molecule has 0 atom stereocenters. The number of fused-ring (bicyclic) bond motifs is 1. The van der Waals surface area contributed by atoms with Crippen LogP contribution in [0.15, 0.2) is 29.5 Å². The van der Waals surface area contributed by atoms with Crippen LogP contribution in [0.4, 0.5) is 5.82 Å². The summed E-state index contributed by atoms with van der Waals surface area (Å²) in [5.41, 5.74) is 3.22. The van der Waals surface area contributed by atoms with Crippen LogP contribution in [0.3, 0.4) is 0 Å². The Balaban J connectivity index is 1.59. The number of pyridine rings is 1. The normalized spacial score (nSPS) is 18.7. The molecule has 2 aromatic heterocycles. The highest BCUT2D eigenvalue weighted by Crippen LogP contribution is 2.32. The molecule has 0 unspecified atom stereocenters. The fraction of sp³-hybridized carbons (Fsp3) is 0.500. The van der Waals surface area contributed by atoms with Crippen LogP contribution in [0.25, 0.3) is 0 Å². The van der Waals surface area contributed by atoms with E-state index in [-0.39, 0.29) is 5.43 Å². The summed E-state index contributed by atoms with van der Waals surface area (Å²) in [5, 5.41) is 0. The van der Waals surface area contributed by atoms with Crippen LogP contribution in [-0.4, -0.2) is 21.5 Å². The van der Waals surface area contributed by atoms with Crippen molar-refractivity contribution >= 4 is 5.82 Å². The van der Waals surface area contributed by atoms with Crippen LogP contribution >= 0.6 is 0 Å². The minimum atomic E-state index is 0.116. The molecule has 0 aromatic carbocycles. The van der Waals surface area contributed by atoms with E-state index in [2.05, 4.69) is 25.9 Å². The van der Waals surface area contributed by atoms with E-state index in [1.807, 2.05) is 0 Å². The lowest BCUT2D eigenvalue weighted by molar-refractivity contribution is 0.436. The average Bonchev–Trinajstić information content (AvgIpc) is 2.63. The highest BCUT2D eigenvalue weighted by molar-refractivity contribution is 5.43. The number of aromatic nitrogens is 3. The Kier molecular flexibility index (Phi) is 3.85. The van der Waals surface area contributed by atoms with E-state index in [0.717, 1.165) is 30.0 Å². The molecule has 1 fully saturated rings. The van der Waals surface area contributed by atoms with Gasteiger partial charge in [0.1, 0.15) is 12.1 Å². The first-order valence-electron chi connectivity index (χ1n) is 8.57. The second-order valence-corrected chi connectivity index (χ2v) is 6.61. The number of nitrogens with one attached hydrogen (secondary N) is 1. The van der Waals surface area contributed by atoms with Crippen molar-refractivity contribution in [2.75, 3.05) is 11.4 Å². The van der Waals surface area contributed by atoms with Crippen molar-refractivity contribution in [1.29, 1.82) is 0 Å². The number of anilines is 1. The molecule has 5 heteroatoms. The van der Waals surface area contributed by atoms with Gasteiger partial charge in [-0.25, -0.2) is 9.97 Å². The van der Waals surface area contributed by atoms with Gasteiger partial charge in [0.15, 0.2) is 5.43 Å². The molecule has 1 aliphatic carbocycles. The lowest BCUT2D eigenvalue weighted by Crippen LogP contribution is -2.35. The lowest BCUT2D eigenvalue weighted by atomic mass is 9.87. The maximum absolute atomic E-state index is 12.1. The molecule has 0 spiro atoms. The van der Waals surface area contributed by atoms with Crippen molar-refractivity contribution in [2.45, 2.75) is 51.0 Å². The summed E-state index contributed by atoms with van der Waals surface area (Å²) in [7, 11) is 0. The van der Waals surface area contributed by atoms with Gasteiger partial charge in [-0.15, -0.1) is 0 Å². The first-order chi connectivity index (χ1) is 11.3. The van der Waals surface area contributed by atoms with Gasteiger partial charge < -0.3 is 9.88 Å². The zero-order chi connectivity index (χ0) is 15.6. The van der Waals surface area contributed by atoms with Crippen molar-refractivity contribution in [3.63, 3.8) is 0 Å². The van der Waals surface area contributed by atoms with Gasteiger partial charge in [-0.1, -0.05) is 19.3 Å². The maximum atomic E-state index is 12.1. The zero-order valence-corrected chi connectivity index (χ0v) is 13.3. The summed E-state index contributed by atoms with van der Waals surface area (Å²) < 4.78 is 0. The number of aromatic amines is 1. The van der Waals surface area contributed by atoms with Crippen LogP contribution < -0.4 is 10.3 Å². The van der Waals surface area contributed by atoms with Crippen molar-refractivity contribution in [2.24, 2.45) is 0 Å². The molecule has 0 amide bonds. The Bertz CT molecular complexity index is 749. The van der Waals surface area contributed by atoms with Crippen LogP contribution in [0.2, 0.25) is 0 Å². The third-order valence-corrected chi connectivity index (χ3v) is 5.16. The second kappa shape index (κ2) is 6.14. The molecular weight excluding hydrogens is 288 g/mol. The fourth-order valence-corrected chi connectivity index (χ4v) is 3.82. The van der Waals surface area contributed by atoms with Crippen LogP contribution in [0.5, 0.6) is 0 Å². The van der Waals surface area contributed by atoms with E-state index in [1.165, 1.54) is 37.8 Å². The average molecular weight is 310 g/mol. The number of nitrogens with zero attached hydrogens (tertiary/aromatic N) is 3. The summed E-state index contributed by atoms with van der Waals surface area (Å²) >= 11 is 0. The maximum Gasteiger partial charge on any atom is 0.186 e. The first-order valence-corrected chi connectivity index (χ1v) is 8.57. The van der Waals surface area contributed by atoms with E-state index in [9.17, 15) is 4.79 Å². The Labute approximate surface area is 135 Å². The molecule has 1 aliphatic heterocycles. The molecule has 23 heavy (non-hydrogen) atoms. The summed E-state index contributed by atoms with van der Waals surface area (Å²) in [6.45, 7) is 1.51. The quantitative estimate of drug-likeness (QED) is 0.926. The molecule has 2 aliphatic rings. The molecule has 1 N–H and O–H groups in total. The van der Waals surface area contributed by atoms with E-state index in [1.54, 1.807) is 18.6 Å². The molecule has 3 heterocycles. The molecule has 0 saturated heterocycles. The molecule has 0 bridgehead atoms. The minimum Gasteiger partial charge on any atom is -0.364 e. The SMILES string of the molecule is O=c1cc[nH]c2c1CN(c1cc(C3CCCCC3)ncn1)CC2. The summed E-state index contributed by atoms with van der Waals surface area (Å²) in [6, 6.07) is 3.74. The van der Waals surface area contributed by atoms with Gasteiger partial charge in [-0.05, 0) is 12.8 Å². The monoisotopic (exact) mass is 310 g/mol. The summed E-state index contributed by atoms with van der Waals surface area (Å²) in [5.74, 6) is 1.53. The first kappa shape index (κ1) is 14.4. The van der Waals surface area contributed by atoms with Crippen LogP contribution in [0, 0.1) is 0 Å². The summed E-state index contributed by atoms with van der Waals surface area (Å²) in [6.07, 6.45) is 10.7. The summed E-state index contributed by atoms with van der Waals surface area (Å²) in [4.78, 5) is 26.5. The Morgan fingerprint density at radius 3 is 2.91 bits per heavy atom.